The summed E-state index contributed by atoms with van der Waals surface area (Å²) in [6.45, 7) is 3.43. The van der Waals surface area contributed by atoms with Gasteiger partial charge in [-0.2, -0.15) is 0 Å². The summed E-state index contributed by atoms with van der Waals surface area (Å²) in [5, 5.41) is 0. The highest BCUT2D eigenvalue weighted by molar-refractivity contribution is 7.46. The smallest absolute Gasteiger partial charge is 0.462 e. The van der Waals surface area contributed by atoms with Crippen LogP contribution in [0.3, 0.4) is 0 Å². The Labute approximate surface area is 278 Å². The molecule has 0 bridgehead atoms. The fourth-order valence-corrected chi connectivity index (χ4v) is 4.80. The van der Waals surface area contributed by atoms with E-state index in [0.29, 0.717) is 25.7 Å². The molecule has 0 aromatic carbocycles. The van der Waals surface area contributed by atoms with E-state index in [1.807, 2.05) is 36.5 Å². The van der Waals surface area contributed by atoms with Crippen LogP contribution in [0.4, 0.5) is 0 Å². The fraction of sp³-hybridized carbons (Fsp3) is 0.694. The van der Waals surface area contributed by atoms with Crippen LogP contribution in [0.2, 0.25) is 0 Å². The van der Waals surface area contributed by atoms with Crippen molar-refractivity contribution in [2.45, 2.75) is 148 Å². The monoisotopic (exact) mass is 668 g/mol. The van der Waals surface area contributed by atoms with Crippen LogP contribution in [-0.2, 0) is 32.9 Å². The van der Waals surface area contributed by atoms with Gasteiger partial charge in [0, 0.05) is 19.3 Å². The molecule has 0 rings (SSSR count). The van der Waals surface area contributed by atoms with Crippen molar-refractivity contribution in [2.24, 2.45) is 0 Å². The summed E-state index contributed by atoms with van der Waals surface area (Å²) in [6, 6.07) is 0. The zero-order chi connectivity index (χ0) is 34.1. The molecule has 0 radical (unpaired) electrons. The summed E-state index contributed by atoms with van der Waals surface area (Å²) in [6.07, 6.45) is 32.6. The van der Waals surface area contributed by atoms with E-state index in [9.17, 15) is 18.9 Å². The van der Waals surface area contributed by atoms with Crippen molar-refractivity contribution in [3.63, 3.8) is 0 Å². The topological polar surface area (TPSA) is 136 Å². The number of phosphoric ester groups is 1. The number of phosphoric acid groups is 1. The number of allylic oxidation sites excluding steroid dienone is 8. The van der Waals surface area contributed by atoms with Crippen molar-refractivity contribution in [3.8, 4) is 0 Å². The van der Waals surface area contributed by atoms with Gasteiger partial charge in [0.05, 0.1) is 6.61 Å². The molecule has 46 heavy (non-hydrogen) atoms. The van der Waals surface area contributed by atoms with Crippen molar-refractivity contribution in [1.82, 2.24) is 0 Å². The molecule has 0 aromatic heterocycles. The summed E-state index contributed by atoms with van der Waals surface area (Å²) in [5.74, 6) is -0.824. The van der Waals surface area contributed by atoms with Crippen molar-refractivity contribution < 1.29 is 42.7 Å². The molecule has 0 heterocycles. The molecule has 0 aliphatic heterocycles. The van der Waals surface area contributed by atoms with Gasteiger partial charge in [0.25, 0.3) is 0 Å². The summed E-state index contributed by atoms with van der Waals surface area (Å²) in [7, 11) is -4.77. The molecule has 2 N–H and O–H groups in total. The Morgan fingerprint density at radius 2 is 1.17 bits per heavy atom. The Hall–Kier alpha value is -2.32. The third kappa shape index (κ3) is 33.1. The number of unbranched alkanes of at least 4 members (excludes halogenated alkanes) is 12. The van der Waals surface area contributed by atoms with Crippen molar-refractivity contribution >= 4 is 25.5 Å². The van der Waals surface area contributed by atoms with E-state index >= 15 is 0 Å². The van der Waals surface area contributed by atoms with Gasteiger partial charge in [-0.3, -0.25) is 18.9 Å². The van der Waals surface area contributed by atoms with E-state index in [4.69, 9.17) is 19.3 Å². The minimum atomic E-state index is -4.77. The van der Waals surface area contributed by atoms with Gasteiger partial charge in [0.1, 0.15) is 6.61 Å². The van der Waals surface area contributed by atoms with Crippen LogP contribution >= 0.6 is 7.82 Å². The second-order valence-corrected chi connectivity index (χ2v) is 12.8. The predicted molar refractivity (Wildman–Crippen MR) is 184 cm³/mol. The Bertz CT molecular complexity index is 949. The lowest BCUT2D eigenvalue weighted by molar-refractivity contribution is -0.161. The van der Waals surface area contributed by atoms with Gasteiger partial charge in [0.2, 0.25) is 0 Å². The molecule has 0 fully saturated rings. The van der Waals surface area contributed by atoms with Crippen molar-refractivity contribution in [3.05, 3.63) is 48.6 Å². The van der Waals surface area contributed by atoms with Crippen molar-refractivity contribution in [1.29, 1.82) is 0 Å². The minimum Gasteiger partial charge on any atom is -0.462 e. The number of esters is 2. The molecule has 0 unspecified atom stereocenters. The zero-order valence-corrected chi connectivity index (χ0v) is 29.3. The molecule has 0 amide bonds. The maximum Gasteiger partial charge on any atom is 0.469 e. The lowest BCUT2D eigenvalue weighted by Gasteiger charge is -2.18. The van der Waals surface area contributed by atoms with Crippen LogP contribution in [0.15, 0.2) is 48.6 Å². The predicted octanol–water partition coefficient (Wildman–Crippen LogP) is 9.19. The highest BCUT2D eigenvalue weighted by atomic mass is 31.2. The first-order valence-corrected chi connectivity index (χ1v) is 18.9. The third-order valence-electron chi connectivity index (χ3n) is 7.08. The van der Waals surface area contributed by atoms with Crippen LogP contribution in [0, 0.1) is 0 Å². The number of carbonyl (C=O) groups is 3. The Balaban J connectivity index is 4.15. The first-order chi connectivity index (χ1) is 22.2. The SMILES string of the molecule is CCCCCCCCCCCCC(=O)O[C@H](COC(=O)CCC/C=C\C/C=C\C/C=C\C=C\C(=O)CCCCC)COP(=O)(O)O. The Morgan fingerprint density at radius 1 is 0.630 bits per heavy atom. The van der Waals surface area contributed by atoms with Gasteiger partial charge in [-0.25, -0.2) is 4.57 Å². The van der Waals surface area contributed by atoms with E-state index in [0.717, 1.165) is 51.4 Å². The van der Waals surface area contributed by atoms with Gasteiger partial charge in [-0.15, -0.1) is 0 Å². The first-order valence-electron chi connectivity index (χ1n) is 17.4. The summed E-state index contributed by atoms with van der Waals surface area (Å²) in [4.78, 5) is 54.1. The molecule has 0 aliphatic carbocycles. The molecule has 0 spiro atoms. The lowest BCUT2D eigenvalue weighted by Crippen LogP contribution is -2.29. The second kappa shape index (κ2) is 31.3. The van der Waals surface area contributed by atoms with E-state index in [1.54, 1.807) is 12.2 Å². The normalized spacial score (nSPS) is 13.0. The third-order valence-corrected chi connectivity index (χ3v) is 7.56. The van der Waals surface area contributed by atoms with Crippen LogP contribution in [0.1, 0.15) is 142 Å². The number of rotatable bonds is 31. The molecule has 0 aromatic rings. The maximum absolute atomic E-state index is 12.3. The molecular formula is C36H61O9P. The molecule has 0 aliphatic rings. The van der Waals surface area contributed by atoms with E-state index in [2.05, 4.69) is 18.4 Å². The number of ketones is 1. The molecule has 0 saturated carbocycles. The lowest BCUT2D eigenvalue weighted by atomic mass is 10.1. The summed E-state index contributed by atoms with van der Waals surface area (Å²) in [5.41, 5.74) is 0. The summed E-state index contributed by atoms with van der Waals surface area (Å²) < 4.78 is 26.1. The van der Waals surface area contributed by atoms with Crippen LogP contribution < -0.4 is 0 Å². The second-order valence-electron chi connectivity index (χ2n) is 11.5. The highest BCUT2D eigenvalue weighted by Gasteiger charge is 2.22. The Kier molecular flexibility index (Phi) is 29.7. The number of ether oxygens (including phenoxy) is 2. The van der Waals surface area contributed by atoms with E-state index in [-0.39, 0.29) is 25.2 Å². The average Bonchev–Trinajstić information content (AvgIpc) is 3.01. The van der Waals surface area contributed by atoms with Crippen LogP contribution in [0.25, 0.3) is 0 Å². The summed E-state index contributed by atoms with van der Waals surface area (Å²) >= 11 is 0. The van der Waals surface area contributed by atoms with Crippen LogP contribution in [-0.4, -0.2) is 46.8 Å². The van der Waals surface area contributed by atoms with Gasteiger partial charge in [-0.05, 0) is 44.6 Å². The van der Waals surface area contributed by atoms with Gasteiger partial charge in [0.15, 0.2) is 11.9 Å². The number of hydrogen-bond acceptors (Lipinski definition) is 7. The fourth-order valence-electron chi connectivity index (χ4n) is 4.44. The minimum absolute atomic E-state index is 0.165. The molecule has 9 nitrogen and oxygen atoms in total. The van der Waals surface area contributed by atoms with E-state index < -0.39 is 32.5 Å². The van der Waals surface area contributed by atoms with Crippen LogP contribution in [0.5, 0.6) is 0 Å². The van der Waals surface area contributed by atoms with Gasteiger partial charge < -0.3 is 19.3 Å². The largest absolute Gasteiger partial charge is 0.469 e. The molecule has 0 saturated heterocycles. The number of hydrogen-bond donors (Lipinski definition) is 2. The van der Waals surface area contributed by atoms with E-state index in [1.165, 1.54) is 38.5 Å². The van der Waals surface area contributed by atoms with Gasteiger partial charge >= 0.3 is 19.8 Å². The standard InChI is InChI=1S/C36H61O9P/c1-3-5-7-8-9-10-15-19-22-26-30-36(39)45-34(32-44-46(40,41)42)31-43-35(38)29-25-21-18-16-13-11-12-14-17-20-24-28-33(37)27-23-6-4-2/h11-12,16-18,20,24,28,34H,3-10,13-15,19,21-23,25-27,29-32H2,1-2H3,(H2,40,41,42)/b12-11-,18-16-,20-17-,28-24+/t34-/m1/s1. The maximum atomic E-state index is 12.3. The van der Waals surface area contributed by atoms with Gasteiger partial charge in [-0.1, -0.05) is 127 Å². The Morgan fingerprint density at radius 3 is 1.83 bits per heavy atom. The highest BCUT2D eigenvalue weighted by Crippen LogP contribution is 2.35. The molecule has 264 valence electrons. The molecule has 1 atom stereocenters. The quantitative estimate of drug-likeness (QED) is 0.0185. The molecular weight excluding hydrogens is 607 g/mol. The zero-order valence-electron chi connectivity index (χ0n) is 28.5. The van der Waals surface area contributed by atoms with Crippen molar-refractivity contribution in [2.75, 3.05) is 13.2 Å². The number of carbonyl (C=O) groups excluding carboxylic acids is 3. The average molecular weight is 669 g/mol. The molecule has 10 heteroatoms. The first kappa shape index (κ1) is 43.7.